The highest BCUT2D eigenvalue weighted by Gasteiger charge is 2.25. The smallest absolute Gasteiger partial charge is 0.168 e. The zero-order valence-electron chi connectivity index (χ0n) is 10.3. The first-order valence-corrected chi connectivity index (χ1v) is 5.55. The van der Waals surface area contributed by atoms with Crippen molar-refractivity contribution >= 4 is 0 Å². The maximum atomic E-state index is 4.09. The Hall–Kier alpha value is -0.970. The van der Waals surface area contributed by atoms with Gasteiger partial charge in [0.2, 0.25) is 0 Å². The van der Waals surface area contributed by atoms with Gasteiger partial charge in [0.05, 0.1) is 11.6 Å². The largest absolute Gasteiger partial charge is 0.308 e. The second-order valence-corrected chi connectivity index (χ2v) is 4.39. The van der Waals surface area contributed by atoms with Crippen molar-refractivity contribution in [3.8, 4) is 0 Å². The fraction of sp³-hybridized carbons (Fsp3) is 0.900. The third-order valence-electron chi connectivity index (χ3n) is 2.83. The Kier molecular flexibility index (Phi) is 3.79. The van der Waals surface area contributed by atoms with Gasteiger partial charge in [0.15, 0.2) is 5.82 Å². The summed E-state index contributed by atoms with van der Waals surface area (Å²) in [7, 11) is 0. The molecule has 0 amide bonds. The average molecular weight is 211 g/mol. The van der Waals surface area contributed by atoms with E-state index < -0.39 is 0 Å². The summed E-state index contributed by atoms with van der Waals surface area (Å²) in [6.07, 6.45) is 1.00. The van der Waals surface area contributed by atoms with Gasteiger partial charge in [-0.15, -0.1) is 5.10 Å². The lowest BCUT2D eigenvalue weighted by atomic mass is 10.0. The van der Waals surface area contributed by atoms with Crippen molar-refractivity contribution in [2.75, 3.05) is 6.54 Å². The molecule has 0 aromatic carbocycles. The van der Waals surface area contributed by atoms with E-state index in [9.17, 15) is 0 Å². The molecule has 1 unspecified atom stereocenters. The first-order chi connectivity index (χ1) is 7.03. The molecule has 0 bridgehead atoms. The van der Waals surface area contributed by atoms with E-state index in [0.29, 0.717) is 0 Å². The van der Waals surface area contributed by atoms with Crippen LogP contribution in [0.25, 0.3) is 0 Å². The SMILES string of the molecule is CCNC(C)c1nnnn1C(C)(C)CC. The molecular formula is C10H21N5. The topological polar surface area (TPSA) is 55.6 Å². The predicted octanol–water partition coefficient (Wildman–Crippen LogP) is 1.49. The van der Waals surface area contributed by atoms with Crippen LogP contribution in [0.2, 0.25) is 0 Å². The molecule has 1 atom stereocenters. The molecule has 0 saturated heterocycles. The van der Waals surface area contributed by atoms with Gasteiger partial charge in [0.1, 0.15) is 0 Å². The Morgan fingerprint density at radius 3 is 2.60 bits per heavy atom. The van der Waals surface area contributed by atoms with E-state index in [4.69, 9.17) is 0 Å². The molecule has 1 rings (SSSR count). The number of nitrogens with zero attached hydrogens (tertiary/aromatic N) is 4. The quantitative estimate of drug-likeness (QED) is 0.801. The second-order valence-electron chi connectivity index (χ2n) is 4.39. The van der Waals surface area contributed by atoms with Crippen LogP contribution in [0.15, 0.2) is 0 Å². The monoisotopic (exact) mass is 211 g/mol. The van der Waals surface area contributed by atoms with Gasteiger partial charge in [-0.3, -0.25) is 0 Å². The molecule has 15 heavy (non-hydrogen) atoms. The van der Waals surface area contributed by atoms with E-state index in [1.165, 1.54) is 0 Å². The lowest BCUT2D eigenvalue weighted by Gasteiger charge is -2.25. The molecule has 0 saturated carbocycles. The third-order valence-corrected chi connectivity index (χ3v) is 2.83. The van der Waals surface area contributed by atoms with E-state index in [-0.39, 0.29) is 11.6 Å². The minimum absolute atomic E-state index is 0.0253. The van der Waals surface area contributed by atoms with Gasteiger partial charge in [-0.25, -0.2) is 4.68 Å². The lowest BCUT2D eigenvalue weighted by molar-refractivity contribution is 0.282. The molecule has 5 nitrogen and oxygen atoms in total. The van der Waals surface area contributed by atoms with Gasteiger partial charge in [-0.05, 0) is 44.2 Å². The van der Waals surface area contributed by atoms with E-state index in [1.807, 2.05) is 4.68 Å². The molecule has 0 spiro atoms. The summed E-state index contributed by atoms with van der Waals surface area (Å²) in [5.74, 6) is 0.906. The molecule has 1 heterocycles. The fourth-order valence-electron chi connectivity index (χ4n) is 1.44. The van der Waals surface area contributed by atoms with Crippen molar-refractivity contribution in [3.63, 3.8) is 0 Å². The van der Waals surface area contributed by atoms with E-state index >= 15 is 0 Å². The first kappa shape index (κ1) is 12.1. The van der Waals surface area contributed by atoms with Crippen molar-refractivity contribution in [1.29, 1.82) is 0 Å². The number of rotatable bonds is 5. The van der Waals surface area contributed by atoms with Gasteiger partial charge < -0.3 is 5.32 Å². The van der Waals surface area contributed by atoms with Crippen LogP contribution in [0.4, 0.5) is 0 Å². The fourth-order valence-corrected chi connectivity index (χ4v) is 1.44. The van der Waals surface area contributed by atoms with Crippen LogP contribution in [-0.2, 0) is 5.54 Å². The van der Waals surface area contributed by atoms with E-state index in [2.05, 4.69) is 55.5 Å². The van der Waals surface area contributed by atoms with Crippen LogP contribution in [0.1, 0.15) is 52.9 Å². The van der Waals surface area contributed by atoms with Crippen molar-refractivity contribution in [3.05, 3.63) is 5.82 Å². The van der Waals surface area contributed by atoms with Crippen LogP contribution in [0, 0.1) is 0 Å². The summed E-state index contributed by atoms with van der Waals surface area (Å²) in [5.41, 5.74) is -0.0253. The molecule has 0 aliphatic rings. The number of tetrazole rings is 1. The van der Waals surface area contributed by atoms with Crippen LogP contribution >= 0.6 is 0 Å². The van der Waals surface area contributed by atoms with Crippen LogP contribution in [-0.4, -0.2) is 26.8 Å². The van der Waals surface area contributed by atoms with Crippen molar-refractivity contribution in [2.45, 2.75) is 52.6 Å². The van der Waals surface area contributed by atoms with Crippen molar-refractivity contribution in [2.24, 2.45) is 0 Å². The van der Waals surface area contributed by atoms with Gasteiger partial charge in [0.25, 0.3) is 0 Å². The van der Waals surface area contributed by atoms with Crippen LogP contribution in [0.5, 0.6) is 0 Å². The summed E-state index contributed by atoms with van der Waals surface area (Å²) in [5, 5.41) is 15.2. The highest BCUT2D eigenvalue weighted by molar-refractivity contribution is 4.94. The predicted molar refractivity (Wildman–Crippen MR) is 59.5 cm³/mol. The van der Waals surface area contributed by atoms with E-state index in [1.54, 1.807) is 0 Å². The first-order valence-electron chi connectivity index (χ1n) is 5.55. The molecule has 1 N–H and O–H groups in total. The van der Waals surface area contributed by atoms with E-state index in [0.717, 1.165) is 18.8 Å². The van der Waals surface area contributed by atoms with Gasteiger partial charge in [0, 0.05) is 0 Å². The number of aromatic nitrogens is 4. The molecule has 1 aromatic rings. The molecular weight excluding hydrogens is 190 g/mol. The Morgan fingerprint density at radius 2 is 2.07 bits per heavy atom. The summed E-state index contributed by atoms with van der Waals surface area (Å²) in [6.45, 7) is 11.5. The van der Waals surface area contributed by atoms with Crippen LogP contribution < -0.4 is 5.32 Å². The molecule has 0 aliphatic carbocycles. The summed E-state index contributed by atoms with van der Waals surface area (Å²) < 4.78 is 1.92. The molecule has 0 fully saturated rings. The molecule has 0 aliphatic heterocycles. The maximum absolute atomic E-state index is 4.09. The van der Waals surface area contributed by atoms with Crippen molar-refractivity contribution in [1.82, 2.24) is 25.5 Å². The van der Waals surface area contributed by atoms with Gasteiger partial charge in [-0.1, -0.05) is 13.8 Å². The highest BCUT2D eigenvalue weighted by Crippen LogP contribution is 2.21. The third kappa shape index (κ3) is 2.53. The highest BCUT2D eigenvalue weighted by atomic mass is 15.6. The molecule has 5 heteroatoms. The molecule has 1 aromatic heterocycles. The number of hydrogen-bond donors (Lipinski definition) is 1. The van der Waals surface area contributed by atoms with Gasteiger partial charge >= 0.3 is 0 Å². The van der Waals surface area contributed by atoms with Crippen molar-refractivity contribution < 1.29 is 0 Å². The lowest BCUT2D eigenvalue weighted by Crippen LogP contribution is -2.32. The Bertz CT molecular complexity index is 305. The summed E-state index contributed by atoms with van der Waals surface area (Å²) in [6, 6.07) is 0.191. The Morgan fingerprint density at radius 1 is 1.40 bits per heavy atom. The number of nitrogens with one attached hydrogen (secondary N) is 1. The maximum Gasteiger partial charge on any atom is 0.168 e. The van der Waals surface area contributed by atoms with Crippen LogP contribution in [0.3, 0.4) is 0 Å². The number of hydrogen-bond acceptors (Lipinski definition) is 4. The Labute approximate surface area is 91.2 Å². The zero-order valence-corrected chi connectivity index (χ0v) is 10.3. The minimum atomic E-state index is -0.0253. The summed E-state index contributed by atoms with van der Waals surface area (Å²) >= 11 is 0. The summed E-state index contributed by atoms with van der Waals surface area (Å²) in [4.78, 5) is 0. The molecule has 0 radical (unpaired) electrons. The normalized spacial score (nSPS) is 14.2. The second kappa shape index (κ2) is 4.70. The minimum Gasteiger partial charge on any atom is -0.308 e. The average Bonchev–Trinajstić information content (AvgIpc) is 2.67. The Balaban J connectivity index is 2.96. The standard InChI is InChI=1S/C10H21N5/c1-6-10(4,5)15-9(12-13-14-15)8(3)11-7-2/h8,11H,6-7H2,1-5H3. The van der Waals surface area contributed by atoms with Gasteiger partial charge in [-0.2, -0.15) is 0 Å². The molecule has 86 valence electrons. The zero-order chi connectivity index (χ0) is 11.5.